The zero-order chi connectivity index (χ0) is 19.0. The van der Waals surface area contributed by atoms with Crippen molar-refractivity contribution in [3.05, 3.63) is 47.1 Å². The first-order chi connectivity index (χ1) is 13.0. The first-order valence-electron chi connectivity index (χ1n) is 9.31. The highest BCUT2D eigenvalue weighted by atomic mass is 16.5. The van der Waals surface area contributed by atoms with Crippen LogP contribution in [-0.4, -0.2) is 50.8 Å². The maximum atomic E-state index is 12.6. The molecule has 0 N–H and O–H groups in total. The number of benzene rings is 1. The van der Waals surface area contributed by atoms with Crippen molar-refractivity contribution in [3.8, 4) is 0 Å². The lowest BCUT2D eigenvalue weighted by Gasteiger charge is -2.38. The number of anilines is 1. The maximum Gasteiger partial charge on any atom is 0.261 e. The van der Waals surface area contributed by atoms with E-state index in [2.05, 4.69) is 31.8 Å². The van der Waals surface area contributed by atoms with Crippen molar-refractivity contribution in [2.45, 2.75) is 32.9 Å². The van der Waals surface area contributed by atoms with Gasteiger partial charge in [0.15, 0.2) is 6.33 Å². The van der Waals surface area contributed by atoms with E-state index < -0.39 is 0 Å². The molecule has 8 nitrogen and oxygen atoms in total. The van der Waals surface area contributed by atoms with Gasteiger partial charge in [0.25, 0.3) is 5.56 Å². The molecule has 0 amide bonds. The third-order valence-electron chi connectivity index (χ3n) is 5.29. The van der Waals surface area contributed by atoms with E-state index in [4.69, 9.17) is 4.52 Å². The average Bonchev–Trinajstić information content (AvgIpc) is 3.22. The molecule has 0 spiro atoms. The Morgan fingerprint density at radius 2 is 1.85 bits per heavy atom. The van der Waals surface area contributed by atoms with Gasteiger partial charge in [-0.1, -0.05) is 5.16 Å². The molecule has 0 aliphatic carbocycles. The van der Waals surface area contributed by atoms with Gasteiger partial charge in [-0.2, -0.15) is 4.98 Å². The van der Waals surface area contributed by atoms with Crippen LogP contribution in [0.15, 0.2) is 40.2 Å². The molecule has 1 fully saturated rings. The predicted octanol–water partition coefficient (Wildman–Crippen LogP) is 2.24. The van der Waals surface area contributed by atoms with E-state index in [0.29, 0.717) is 11.3 Å². The van der Waals surface area contributed by atoms with Crippen LogP contribution < -0.4 is 10.5 Å². The van der Waals surface area contributed by atoms with Gasteiger partial charge >= 0.3 is 0 Å². The molecule has 142 valence electrons. The second kappa shape index (κ2) is 7.11. The van der Waals surface area contributed by atoms with Gasteiger partial charge in [0.05, 0.1) is 23.3 Å². The van der Waals surface area contributed by atoms with Crippen molar-refractivity contribution in [2.24, 2.45) is 0 Å². The minimum Gasteiger partial charge on any atom is -0.369 e. The van der Waals surface area contributed by atoms with Gasteiger partial charge in [-0.05, 0) is 39.0 Å². The molecule has 3 heterocycles. The summed E-state index contributed by atoms with van der Waals surface area (Å²) in [5, 5.41) is 4.36. The number of aromatic nitrogens is 4. The SMILES string of the molecule is CC(c1ncno1)N1CCN(c2ccc3c(=O)n(C(C)C)cnc3c2)CC1. The van der Waals surface area contributed by atoms with Crippen LogP contribution in [0.2, 0.25) is 0 Å². The molecule has 1 atom stereocenters. The fourth-order valence-corrected chi connectivity index (χ4v) is 3.58. The monoisotopic (exact) mass is 368 g/mol. The third kappa shape index (κ3) is 3.32. The number of rotatable bonds is 4. The molecular formula is C19H24N6O2. The highest BCUT2D eigenvalue weighted by Gasteiger charge is 2.25. The molecule has 1 aliphatic rings. The molecule has 27 heavy (non-hydrogen) atoms. The number of nitrogens with zero attached hydrogens (tertiary/aromatic N) is 6. The van der Waals surface area contributed by atoms with Crippen LogP contribution in [0.1, 0.15) is 38.7 Å². The van der Waals surface area contributed by atoms with Gasteiger partial charge in [0.1, 0.15) is 0 Å². The Hall–Kier alpha value is -2.74. The summed E-state index contributed by atoms with van der Waals surface area (Å²) in [6, 6.07) is 6.14. The zero-order valence-corrected chi connectivity index (χ0v) is 15.9. The highest BCUT2D eigenvalue weighted by Crippen LogP contribution is 2.24. The second-order valence-corrected chi connectivity index (χ2v) is 7.23. The Labute approximate surface area is 157 Å². The van der Waals surface area contributed by atoms with E-state index >= 15 is 0 Å². The molecule has 1 aliphatic heterocycles. The van der Waals surface area contributed by atoms with E-state index in [0.717, 1.165) is 37.4 Å². The molecule has 1 saturated heterocycles. The first kappa shape index (κ1) is 17.7. The van der Waals surface area contributed by atoms with Gasteiger partial charge in [-0.3, -0.25) is 14.3 Å². The molecule has 3 aromatic rings. The van der Waals surface area contributed by atoms with Crippen LogP contribution >= 0.6 is 0 Å². The summed E-state index contributed by atoms with van der Waals surface area (Å²) in [7, 11) is 0. The van der Waals surface area contributed by atoms with Crippen LogP contribution in [0.3, 0.4) is 0 Å². The molecule has 4 rings (SSSR count). The zero-order valence-electron chi connectivity index (χ0n) is 15.9. The van der Waals surface area contributed by atoms with E-state index in [1.54, 1.807) is 10.9 Å². The van der Waals surface area contributed by atoms with Crippen LogP contribution in [0.5, 0.6) is 0 Å². The van der Waals surface area contributed by atoms with Gasteiger partial charge in [0.2, 0.25) is 5.89 Å². The molecule has 1 unspecified atom stereocenters. The number of hydrogen-bond acceptors (Lipinski definition) is 7. The summed E-state index contributed by atoms with van der Waals surface area (Å²) in [6.45, 7) is 9.66. The molecule has 0 bridgehead atoms. The third-order valence-corrected chi connectivity index (χ3v) is 5.29. The predicted molar refractivity (Wildman–Crippen MR) is 103 cm³/mol. The summed E-state index contributed by atoms with van der Waals surface area (Å²) in [6.07, 6.45) is 3.08. The fourth-order valence-electron chi connectivity index (χ4n) is 3.58. The summed E-state index contributed by atoms with van der Waals surface area (Å²) < 4.78 is 6.86. The fraction of sp³-hybridized carbons (Fsp3) is 0.474. The smallest absolute Gasteiger partial charge is 0.261 e. The minimum atomic E-state index is 0.0137. The van der Waals surface area contributed by atoms with Crippen LogP contribution in [0.25, 0.3) is 10.9 Å². The summed E-state index contributed by atoms with van der Waals surface area (Å²) in [5.74, 6) is 0.653. The van der Waals surface area contributed by atoms with Gasteiger partial charge in [-0.25, -0.2) is 4.98 Å². The molecule has 8 heteroatoms. The van der Waals surface area contributed by atoms with E-state index in [1.807, 2.05) is 32.0 Å². The van der Waals surface area contributed by atoms with Crippen LogP contribution in [0.4, 0.5) is 5.69 Å². The molecular weight excluding hydrogens is 344 g/mol. The van der Waals surface area contributed by atoms with Gasteiger partial charge in [0, 0.05) is 37.9 Å². The minimum absolute atomic E-state index is 0.0137. The van der Waals surface area contributed by atoms with Gasteiger partial charge < -0.3 is 9.42 Å². The Balaban J connectivity index is 1.51. The topological polar surface area (TPSA) is 80.3 Å². The molecule has 0 saturated carbocycles. The average molecular weight is 368 g/mol. The summed E-state index contributed by atoms with van der Waals surface area (Å²) in [4.78, 5) is 25.9. The molecule has 1 aromatic carbocycles. The van der Waals surface area contributed by atoms with Crippen molar-refractivity contribution in [1.29, 1.82) is 0 Å². The highest BCUT2D eigenvalue weighted by molar-refractivity contribution is 5.81. The summed E-state index contributed by atoms with van der Waals surface area (Å²) in [5.41, 5.74) is 1.86. The Bertz CT molecular complexity index is 974. The lowest BCUT2D eigenvalue weighted by molar-refractivity contribution is 0.164. The van der Waals surface area contributed by atoms with E-state index in [9.17, 15) is 4.79 Å². The standard InChI is InChI=1S/C19H24N6O2/c1-13(2)25-12-21-17-10-15(4-5-16(17)19(25)26)24-8-6-23(7-9-24)14(3)18-20-11-22-27-18/h4-5,10-14H,6-9H2,1-3H3. The molecule has 0 radical (unpaired) electrons. The van der Waals surface area contributed by atoms with Crippen molar-refractivity contribution in [2.75, 3.05) is 31.1 Å². The first-order valence-corrected chi connectivity index (χ1v) is 9.31. The Morgan fingerprint density at radius 3 is 2.52 bits per heavy atom. The summed E-state index contributed by atoms with van der Waals surface area (Å²) >= 11 is 0. The second-order valence-electron chi connectivity index (χ2n) is 7.23. The molecule has 2 aromatic heterocycles. The Kier molecular flexibility index (Phi) is 4.65. The largest absolute Gasteiger partial charge is 0.369 e. The lowest BCUT2D eigenvalue weighted by Crippen LogP contribution is -2.47. The van der Waals surface area contributed by atoms with E-state index in [-0.39, 0.29) is 17.6 Å². The van der Waals surface area contributed by atoms with Crippen LogP contribution in [0, 0.1) is 0 Å². The number of fused-ring (bicyclic) bond motifs is 1. The van der Waals surface area contributed by atoms with Crippen molar-refractivity contribution < 1.29 is 4.52 Å². The van der Waals surface area contributed by atoms with E-state index in [1.165, 1.54) is 6.33 Å². The number of hydrogen-bond donors (Lipinski definition) is 0. The van der Waals surface area contributed by atoms with Crippen molar-refractivity contribution in [3.63, 3.8) is 0 Å². The van der Waals surface area contributed by atoms with Crippen molar-refractivity contribution in [1.82, 2.24) is 24.6 Å². The quantitative estimate of drug-likeness (QED) is 0.699. The lowest BCUT2D eigenvalue weighted by atomic mass is 10.1. The number of piperazine rings is 1. The Morgan fingerprint density at radius 1 is 1.07 bits per heavy atom. The van der Waals surface area contributed by atoms with Crippen molar-refractivity contribution >= 4 is 16.6 Å². The maximum absolute atomic E-state index is 12.6. The van der Waals surface area contributed by atoms with Crippen LogP contribution in [-0.2, 0) is 0 Å². The normalized spacial score (nSPS) is 17.0. The van der Waals surface area contributed by atoms with Gasteiger partial charge in [-0.15, -0.1) is 0 Å².